The lowest BCUT2D eigenvalue weighted by Crippen LogP contribution is -2.22. The predicted octanol–water partition coefficient (Wildman–Crippen LogP) is 3.86. The van der Waals surface area contributed by atoms with Gasteiger partial charge < -0.3 is 4.74 Å². The van der Waals surface area contributed by atoms with Crippen LogP contribution in [-0.2, 0) is 0 Å². The molecule has 1 aromatic rings. The SMILES string of the molecule is CC(C)CCOc1cccc(C(=O)C(F)(F)F)c1. The van der Waals surface area contributed by atoms with Crippen LogP contribution in [0.2, 0.25) is 0 Å². The summed E-state index contributed by atoms with van der Waals surface area (Å²) >= 11 is 0. The number of benzene rings is 1. The van der Waals surface area contributed by atoms with E-state index in [1.807, 2.05) is 13.8 Å². The van der Waals surface area contributed by atoms with Crippen molar-refractivity contribution < 1.29 is 22.7 Å². The van der Waals surface area contributed by atoms with Crippen molar-refractivity contribution in [1.82, 2.24) is 0 Å². The van der Waals surface area contributed by atoms with E-state index in [9.17, 15) is 18.0 Å². The number of carbonyl (C=O) groups is 1. The van der Waals surface area contributed by atoms with E-state index in [1.165, 1.54) is 12.1 Å². The molecule has 100 valence electrons. The highest BCUT2D eigenvalue weighted by atomic mass is 19.4. The Bertz CT molecular complexity index is 411. The Balaban J connectivity index is 2.71. The van der Waals surface area contributed by atoms with E-state index in [2.05, 4.69) is 0 Å². The first-order valence-electron chi connectivity index (χ1n) is 5.65. The summed E-state index contributed by atoms with van der Waals surface area (Å²) in [4.78, 5) is 11.0. The predicted molar refractivity (Wildman–Crippen MR) is 61.8 cm³/mol. The molecule has 0 heterocycles. The highest BCUT2D eigenvalue weighted by molar-refractivity contribution is 6.00. The van der Waals surface area contributed by atoms with Gasteiger partial charge in [-0.05, 0) is 24.5 Å². The van der Waals surface area contributed by atoms with Gasteiger partial charge in [0.1, 0.15) is 5.75 Å². The Labute approximate surface area is 104 Å². The van der Waals surface area contributed by atoms with E-state index >= 15 is 0 Å². The first-order valence-corrected chi connectivity index (χ1v) is 5.65. The van der Waals surface area contributed by atoms with Crippen LogP contribution >= 0.6 is 0 Å². The number of hydrogen-bond acceptors (Lipinski definition) is 2. The molecule has 1 aromatic carbocycles. The number of carbonyl (C=O) groups excluding carboxylic acids is 1. The summed E-state index contributed by atoms with van der Waals surface area (Å²) in [5, 5.41) is 0. The summed E-state index contributed by atoms with van der Waals surface area (Å²) in [6.45, 7) is 4.46. The maximum Gasteiger partial charge on any atom is 0.454 e. The third kappa shape index (κ3) is 4.39. The minimum absolute atomic E-state index is 0.283. The second kappa shape index (κ2) is 5.89. The van der Waals surface area contributed by atoms with Crippen molar-refractivity contribution in [3.05, 3.63) is 29.8 Å². The van der Waals surface area contributed by atoms with Gasteiger partial charge in [0.15, 0.2) is 0 Å². The van der Waals surface area contributed by atoms with Crippen LogP contribution in [0.3, 0.4) is 0 Å². The third-order valence-electron chi connectivity index (χ3n) is 2.32. The molecule has 0 amide bonds. The summed E-state index contributed by atoms with van der Waals surface area (Å²) in [7, 11) is 0. The second-order valence-corrected chi connectivity index (χ2v) is 4.39. The molecule has 0 fully saturated rings. The summed E-state index contributed by atoms with van der Waals surface area (Å²) in [5.41, 5.74) is -0.399. The first-order chi connectivity index (χ1) is 8.30. The zero-order valence-electron chi connectivity index (χ0n) is 10.3. The van der Waals surface area contributed by atoms with Crippen molar-refractivity contribution in [2.45, 2.75) is 26.4 Å². The van der Waals surface area contributed by atoms with Crippen molar-refractivity contribution in [3.63, 3.8) is 0 Å². The van der Waals surface area contributed by atoms with E-state index in [4.69, 9.17) is 4.74 Å². The maximum atomic E-state index is 12.2. The van der Waals surface area contributed by atoms with Gasteiger partial charge >= 0.3 is 6.18 Å². The van der Waals surface area contributed by atoms with Gasteiger partial charge in [0, 0.05) is 5.56 Å². The molecule has 0 atom stereocenters. The Kier molecular flexibility index (Phi) is 4.76. The lowest BCUT2D eigenvalue weighted by atomic mass is 10.1. The zero-order chi connectivity index (χ0) is 13.8. The molecule has 0 aromatic heterocycles. The highest BCUT2D eigenvalue weighted by Crippen LogP contribution is 2.23. The molecule has 0 aliphatic rings. The smallest absolute Gasteiger partial charge is 0.454 e. The van der Waals surface area contributed by atoms with Crippen molar-refractivity contribution in [1.29, 1.82) is 0 Å². The van der Waals surface area contributed by atoms with Gasteiger partial charge in [0.05, 0.1) is 6.61 Å². The van der Waals surface area contributed by atoms with Crippen LogP contribution in [0.25, 0.3) is 0 Å². The Morgan fingerprint density at radius 1 is 1.33 bits per heavy atom. The summed E-state index contributed by atoms with van der Waals surface area (Å²) < 4.78 is 42.0. The monoisotopic (exact) mass is 260 g/mol. The molecule has 0 spiro atoms. The van der Waals surface area contributed by atoms with Gasteiger partial charge in [-0.2, -0.15) is 13.2 Å². The Morgan fingerprint density at radius 3 is 2.56 bits per heavy atom. The lowest BCUT2D eigenvalue weighted by Gasteiger charge is -2.10. The lowest BCUT2D eigenvalue weighted by molar-refractivity contribution is -0.0885. The third-order valence-corrected chi connectivity index (χ3v) is 2.32. The molecule has 0 N–H and O–H groups in total. The quantitative estimate of drug-likeness (QED) is 0.751. The van der Waals surface area contributed by atoms with Crippen molar-refractivity contribution in [2.75, 3.05) is 6.61 Å². The van der Waals surface area contributed by atoms with Crippen LogP contribution in [0, 0.1) is 5.92 Å². The number of alkyl halides is 3. The van der Waals surface area contributed by atoms with Gasteiger partial charge in [0.2, 0.25) is 0 Å². The molecule has 0 saturated carbocycles. The molecule has 2 nitrogen and oxygen atoms in total. The fourth-order valence-electron chi connectivity index (χ4n) is 1.30. The number of rotatable bonds is 5. The minimum Gasteiger partial charge on any atom is -0.494 e. The molecule has 1 rings (SSSR count). The topological polar surface area (TPSA) is 26.3 Å². The second-order valence-electron chi connectivity index (χ2n) is 4.39. The van der Waals surface area contributed by atoms with E-state index < -0.39 is 17.5 Å². The van der Waals surface area contributed by atoms with Crippen LogP contribution in [-0.4, -0.2) is 18.6 Å². The average Bonchev–Trinajstić information content (AvgIpc) is 2.26. The normalized spacial score (nSPS) is 11.7. The van der Waals surface area contributed by atoms with E-state index in [0.29, 0.717) is 12.5 Å². The van der Waals surface area contributed by atoms with Crippen molar-refractivity contribution in [2.24, 2.45) is 5.92 Å². The van der Waals surface area contributed by atoms with Gasteiger partial charge in [-0.25, -0.2) is 0 Å². The van der Waals surface area contributed by atoms with Gasteiger partial charge in [-0.1, -0.05) is 26.0 Å². The fourth-order valence-corrected chi connectivity index (χ4v) is 1.30. The molecule has 0 aliphatic carbocycles. The van der Waals surface area contributed by atoms with Crippen LogP contribution in [0.4, 0.5) is 13.2 Å². The maximum absolute atomic E-state index is 12.2. The molecular weight excluding hydrogens is 245 g/mol. The number of ether oxygens (including phenoxy) is 1. The van der Waals surface area contributed by atoms with Gasteiger partial charge in [0.25, 0.3) is 5.78 Å². The van der Waals surface area contributed by atoms with Gasteiger partial charge in [-0.3, -0.25) is 4.79 Å². The Morgan fingerprint density at radius 2 is 2.00 bits per heavy atom. The summed E-state index contributed by atoms with van der Waals surface area (Å²) in [6, 6.07) is 5.17. The Hall–Kier alpha value is -1.52. The number of hydrogen-bond donors (Lipinski definition) is 0. The van der Waals surface area contributed by atoms with Crippen LogP contribution in [0.5, 0.6) is 5.75 Å². The number of halogens is 3. The van der Waals surface area contributed by atoms with E-state index in [-0.39, 0.29) is 5.75 Å². The molecule has 5 heteroatoms. The minimum atomic E-state index is -4.85. The van der Waals surface area contributed by atoms with Crippen LogP contribution < -0.4 is 4.74 Å². The zero-order valence-corrected chi connectivity index (χ0v) is 10.3. The number of Topliss-reactive ketones (excluding diaryl/α,β-unsaturated/α-hetero) is 1. The van der Waals surface area contributed by atoms with Gasteiger partial charge in [-0.15, -0.1) is 0 Å². The van der Waals surface area contributed by atoms with Crippen LogP contribution in [0.15, 0.2) is 24.3 Å². The molecule has 18 heavy (non-hydrogen) atoms. The fraction of sp³-hybridized carbons (Fsp3) is 0.462. The summed E-state index contributed by atoms with van der Waals surface area (Å²) in [5.74, 6) is -1.12. The molecule has 0 saturated heterocycles. The largest absolute Gasteiger partial charge is 0.494 e. The molecule has 0 unspecified atom stereocenters. The standard InChI is InChI=1S/C13H15F3O2/c1-9(2)6-7-18-11-5-3-4-10(8-11)12(17)13(14,15)16/h3-5,8-9H,6-7H2,1-2H3. The van der Waals surface area contributed by atoms with Crippen LogP contribution in [0.1, 0.15) is 30.6 Å². The molecular formula is C13H15F3O2. The number of ketones is 1. The average molecular weight is 260 g/mol. The van der Waals surface area contributed by atoms with Crippen molar-refractivity contribution in [3.8, 4) is 5.75 Å². The molecule has 0 aliphatic heterocycles. The summed E-state index contributed by atoms with van der Waals surface area (Å²) in [6.07, 6.45) is -4.05. The molecule has 0 radical (unpaired) electrons. The van der Waals surface area contributed by atoms with E-state index in [0.717, 1.165) is 18.6 Å². The molecule has 0 bridgehead atoms. The first kappa shape index (κ1) is 14.5. The van der Waals surface area contributed by atoms with E-state index in [1.54, 1.807) is 0 Å². The highest BCUT2D eigenvalue weighted by Gasteiger charge is 2.39. The van der Waals surface area contributed by atoms with Crippen molar-refractivity contribution >= 4 is 5.78 Å².